The van der Waals surface area contributed by atoms with Crippen LogP contribution in [0.5, 0.6) is 5.88 Å². The number of nitrogens with one attached hydrogen (secondary N) is 1. The zero-order valence-electron chi connectivity index (χ0n) is 26.2. The van der Waals surface area contributed by atoms with Gasteiger partial charge in [-0.05, 0) is 99.5 Å². The monoisotopic (exact) mass is 670 g/mol. The predicted molar refractivity (Wildman–Crippen MR) is 167 cm³/mol. The molecule has 2 N–H and O–H groups in total. The highest BCUT2D eigenvalue weighted by Crippen LogP contribution is 2.63. The first-order valence-corrected chi connectivity index (χ1v) is 17.4. The highest BCUT2D eigenvalue weighted by atomic mass is 32.2. The molecule has 47 heavy (non-hydrogen) atoms. The van der Waals surface area contributed by atoms with Crippen LogP contribution in [0.15, 0.2) is 53.4 Å². The minimum Gasteiger partial charge on any atom is -0.475 e. The van der Waals surface area contributed by atoms with Gasteiger partial charge in [0.2, 0.25) is 11.8 Å². The number of carbonyl (C=O) groups is 1. The Morgan fingerprint density at radius 3 is 2.34 bits per heavy atom. The molecule has 3 saturated carbocycles. The summed E-state index contributed by atoms with van der Waals surface area (Å²) in [5.74, 6) is -0.638. The van der Waals surface area contributed by atoms with E-state index in [0.717, 1.165) is 29.5 Å². The first-order valence-electron chi connectivity index (χ1n) is 15.9. The summed E-state index contributed by atoms with van der Waals surface area (Å²) in [5, 5.41) is 9.59. The van der Waals surface area contributed by atoms with Crippen LogP contribution in [0.25, 0.3) is 11.3 Å². The van der Waals surface area contributed by atoms with Gasteiger partial charge in [0, 0.05) is 29.8 Å². The SMILES string of the molecule is Cc1cccc(C)c1-c1cc2nc(n1)NS(=O)(=O)c1cccc(c1)C(=O)N(C1CC3(CC(CO)C3)C1)[C@H](CC1(C(F)(F)F)CC1)CO2. The van der Waals surface area contributed by atoms with Crippen molar-refractivity contribution in [3.8, 4) is 17.1 Å². The Hall–Kier alpha value is -3.71. The topological polar surface area (TPSA) is 122 Å². The van der Waals surface area contributed by atoms with Gasteiger partial charge in [-0.2, -0.15) is 18.2 Å². The average Bonchev–Trinajstić information content (AvgIpc) is 3.76. The number of rotatable bonds is 5. The molecule has 250 valence electrons. The first-order chi connectivity index (χ1) is 22.2. The van der Waals surface area contributed by atoms with E-state index in [1.165, 1.54) is 29.2 Å². The van der Waals surface area contributed by atoms with Gasteiger partial charge in [0.1, 0.15) is 6.61 Å². The van der Waals surface area contributed by atoms with Gasteiger partial charge >= 0.3 is 6.18 Å². The van der Waals surface area contributed by atoms with Crippen molar-refractivity contribution >= 4 is 21.9 Å². The summed E-state index contributed by atoms with van der Waals surface area (Å²) >= 11 is 0. The number of alkyl halides is 3. The van der Waals surface area contributed by atoms with Crippen molar-refractivity contribution in [3.05, 3.63) is 65.2 Å². The van der Waals surface area contributed by atoms with Gasteiger partial charge in [-0.15, -0.1) is 0 Å². The summed E-state index contributed by atoms with van der Waals surface area (Å²) in [6.45, 7) is 3.59. The van der Waals surface area contributed by atoms with Crippen LogP contribution >= 0.6 is 0 Å². The molecule has 0 radical (unpaired) electrons. The lowest BCUT2D eigenvalue weighted by atomic mass is 9.50. The number of hydrogen-bond acceptors (Lipinski definition) is 7. The second-order valence-electron chi connectivity index (χ2n) is 14.0. The van der Waals surface area contributed by atoms with E-state index < -0.39 is 33.6 Å². The molecule has 3 fully saturated rings. The third-order valence-electron chi connectivity index (χ3n) is 10.6. The maximum atomic E-state index is 14.4. The lowest BCUT2D eigenvalue weighted by Crippen LogP contribution is -2.61. The average molecular weight is 671 g/mol. The van der Waals surface area contributed by atoms with Crippen LogP contribution in [-0.4, -0.2) is 65.8 Å². The summed E-state index contributed by atoms with van der Waals surface area (Å²) in [6, 6.07) is 11.4. The standard InChI is InChI=1S/C34H37F3N4O5S/c1-20-5-3-6-21(2)29(20)27-12-28-39-31(38-27)40-47(44,45)26-8-4-7-23(11-26)30(43)41(24-15-32(16-24)13-22(14-32)18-42)25(19-46-28)17-33(9-10-33)34(35,36)37/h3-8,11-12,22,24-25,42H,9-10,13-19H2,1-2H3,(H,38,39,40)/t22?,24?,25-,32?/m1/s1. The molecule has 0 unspecified atom stereocenters. The Morgan fingerprint density at radius 2 is 1.70 bits per heavy atom. The smallest absolute Gasteiger partial charge is 0.394 e. The van der Waals surface area contributed by atoms with Gasteiger partial charge in [-0.25, -0.2) is 18.1 Å². The predicted octanol–water partition coefficient (Wildman–Crippen LogP) is 6.05. The van der Waals surface area contributed by atoms with E-state index in [1.54, 1.807) is 6.07 Å². The number of halogens is 3. The van der Waals surface area contributed by atoms with E-state index in [0.29, 0.717) is 18.5 Å². The number of carbonyl (C=O) groups excluding carboxylic acids is 1. The van der Waals surface area contributed by atoms with Crippen molar-refractivity contribution in [2.24, 2.45) is 16.7 Å². The first kappa shape index (κ1) is 31.9. The molecular formula is C34H37F3N4O5S. The van der Waals surface area contributed by atoms with Crippen LogP contribution in [-0.2, 0) is 10.0 Å². The maximum absolute atomic E-state index is 14.4. The number of anilines is 1. The number of aliphatic hydroxyl groups excluding tert-OH is 1. The lowest BCUT2D eigenvalue weighted by molar-refractivity contribution is -0.194. The van der Waals surface area contributed by atoms with Crippen molar-refractivity contribution in [2.75, 3.05) is 17.9 Å². The number of nitrogens with zero attached hydrogens (tertiary/aromatic N) is 3. The van der Waals surface area contributed by atoms with E-state index in [-0.39, 0.29) is 72.1 Å². The number of benzene rings is 2. The van der Waals surface area contributed by atoms with E-state index in [4.69, 9.17) is 4.74 Å². The second kappa shape index (κ2) is 11.2. The highest BCUT2D eigenvalue weighted by molar-refractivity contribution is 7.92. The van der Waals surface area contributed by atoms with Crippen molar-refractivity contribution in [3.63, 3.8) is 0 Å². The number of aliphatic hydroxyl groups is 1. The minimum atomic E-state index is -4.46. The van der Waals surface area contributed by atoms with Crippen molar-refractivity contribution < 1.29 is 36.2 Å². The van der Waals surface area contributed by atoms with Crippen LogP contribution in [0.2, 0.25) is 0 Å². The van der Waals surface area contributed by atoms with Gasteiger partial charge in [0.15, 0.2) is 0 Å². The molecule has 3 aromatic rings. The van der Waals surface area contributed by atoms with Crippen LogP contribution in [0, 0.1) is 30.6 Å². The molecule has 1 atom stereocenters. The quantitative estimate of drug-likeness (QED) is 0.339. The van der Waals surface area contributed by atoms with Crippen LogP contribution < -0.4 is 9.46 Å². The fraction of sp³-hybridized carbons (Fsp3) is 0.500. The Labute approximate surface area is 271 Å². The van der Waals surface area contributed by atoms with E-state index >= 15 is 0 Å². The van der Waals surface area contributed by atoms with Gasteiger partial charge in [-0.3, -0.25) is 4.79 Å². The lowest BCUT2D eigenvalue weighted by Gasteiger charge is -2.60. The number of amides is 1. The molecule has 1 amide bonds. The fourth-order valence-corrected chi connectivity index (χ4v) is 9.02. The molecule has 3 aliphatic carbocycles. The molecule has 1 aromatic heterocycles. The number of sulfonamides is 1. The number of ether oxygens (including phenoxy) is 1. The van der Waals surface area contributed by atoms with Crippen LogP contribution in [0.1, 0.15) is 66.4 Å². The third-order valence-corrected chi connectivity index (χ3v) is 11.9. The van der Waals surface area contributed by atoms with E-state index in [9.17, 15) is 31.5 Å². The molecule has 1 spiro atoms. The van der Waals surface area contributed by atoms with Gasteiger partial charge in [0.25, 0.3) is 15.9 Å². The molecule has 7 rings (SSSR count). The highest BCUT2D eigenvalue weighted by Gasteiger charge is 2.65. The van der Waals surface area contributed by atoms with E-state index in [2.05, 4.69) is 14.7 Å². The molecule has 9 nitrogen and oxygen atoms in total. The zero-order valence-corrected chi connectivity index (χ0v) is 27.0. The molecule has 0 saturated heterocycles. The Kier molecular flexibility index (Phi) is 7.58. The van der Waals surface area contributed by atoms with Crippen molar-refractivity contribution in [2.45, 2.75) is 81.9 Å². The molecule has 4 aliphatic rings. The van der Waals surface area contributed by atoms with Gasteiger partial charge < -0.3 is 14.7 Å². The number of fused-ring (bicyclic) bond motifs is 4. The molecule has 1 aliphatic heterocycles. The van der Waals surface area contributed by atoms with Crippen LogP contribution in [0.4, 0.5) is 19.1 Å². The summed E-state index contributed by atoms with van der Waals surface area (Å²) < 4.78 is 79.1. The largest absolute Gasteiger partial charge is 0.475 e. The molecular weight excluding hydrogens is 633 g/mol. The van der Waals surface area contributed by atoms with Gasteiger partial charge in [0.05, 0.1) is 22.0 Å². The van der Waals surface area contributed by atoms with Crippen molar-refractivity contribution in [1.82, 2.24) is 14.9 Å². The number of hydrogen-bond donors (Lipinski definition) is 2. The Bertz CT molecular complexity index is 1810. The Morgan fingerprint density at radius 1 is 1.02 bits per heavy atom. The number of aromatic nitrogens is 2. The molecule has 2 aromatic carbocycles. The molecule has 2 heterocycles. The maximum Gasteiger partial charge on any atom is 0.394 e. The zero-order chi connectivity index (χ0) is 33.4. The summed E-state index contributed by atoms with van der Waals surface area (Å²) in [6.07, 6.45) is -2.07. The summed E-state index contributed by atoms with van der Waals surface area (Å²) in [7, 11) is -4.28. The third kappa shape index (κ3) is 5.75. The summed E-state index contributed by atoms with van der Waals surface area (Å²) in [5.41, 5.74) is 0.959. The van der Waals surface area contributed by atoms with Gasteiger partial charge in [-0.1, -0.05) is 24.3 Å². The van der Waals surface area contributed by atoms with Crippen molar-refractivity contribution in [1.29, 1.82) is 0 Å². The normalized spacial score (nSPS) is 27.7. The fourth-order valence-electron chi connectivity index (χ4n) is 8.03. The molecule has 4 bridgehead atoms. The summed E-state index contributed by atoms with van der Waals surface area (Å²) in [4.78, 5) is 24.5. The Balaban J connectivity index is 1.34. The molecule has 13 heteroatoms. The number of aryl methyl sites for hydroxylation is 2. The second-order valence-corrected chi connectivity index (χ2v) is 15.7. The van der Waals surface area contributed by atoms with Crippen LogP contribution in [0.3, 0.4) is 0 Å². The minimum absolute atomic E-state index is 0.0228. The van der Waals surface area contributed by atoms with E-state index in [1.807, 2.05) is 32.0 Å².